The van der Waals surface area contributed by atoms with Crippen LogP contribution in [0.5, 0.6) is 5.75 Å². The van der Waals surface area contributed by atoms with Gasteiger partial charge in [-0.2, -0.15) is 0 Å². The normalized spacial score (nSPS) is 17.4. The van der Waals surface area contributed by atoms with Crippen molar-refractivity contribution in [1.29, 1.82) is 0 Å². The fourth-order valence-electron chi connectivity index (χ4n) is 6.38. The van der Waals surface area contributed by atoms with Gasteiger partial charge in [0.25, 0.3) is 17.7 Å². The van der Waals surface area contributed by atoms with Crippen LogP contribution in [0.4, 0.5) is 11.4 Å². The van der Waals surface area contributed by atoms with Crippen molar-refractivity contribution < 1.29 is 52.4 Å². The summed E-state index contributed by atoms with van der Waals surface area (Å²) < 4.78 is 33.2. The zero-order valence-corrected chi connectivity index (χ0v) is 31.6. The molecular weight excluding hydrogens is 716 g/mol. The molecule has 0 aromatic heterocycles. The van der Waals surface area contributed by atoms with E-state index in [0.29, 0.717) is 96.2 Å². The number of nitrogens with one attached hydrogen (secondary N) is 3. The molecule has 0 spiro atoms. The van der Waals surface area contributed by atoms with Gasteiger partial charge < -0.3 is 48.9 Å². The first-order valence-electron chi connectivity index (χ1n) is 18.7. The Morgan fingerprint density at radius 1 is 0.782 bits per heavy atom. The van der Waals surface area contributed by atoms with E-state index in [0.717, 1.165) is 36.8 Å². The van der Waals surface area contributed by atoms with Crippen molar-refractivity contribution in [3.05, 3.63) is 53.1 Å². The Labute approximate surface area is 320 Å². The number of benzene rings is 2. The number of amides is 5. The Morgan fingerprint density at radius 2 is 1.40 bits per heavy atom. The van der Waals surface area contributed by atoms with Crippen LogP contribution in [0, 0.1) is 0 Å². The van der Waals surface area contributed by atoms with E-state index in [1.54, 1.807) is 31.4 Å². The molecule has 0 bridgehead atoms. The first-order chi connectivity index (χ1) is 26.8. The van der Waals surface area contributed by atoms with Crippen molar-refractivity contribution in [2.24, 2.45) is 0 Å². The van der Waals surface area contributed by atoms with E-state index in [4.69, 9.17) is 28.4 Å². The van der Waals surface area contributed by atoms with Gasteiger partial charge >= 0.3 is 0 Å². The van der Waals surface area contributed by atoms with Crippen molar-refractivity contribution in [2.45, 2.75) is 18.9 Å². The molecule has 2 aromatic carbocycles. The van der Waals surface area contributed by atoms with Crippen molar-refractivity contribution in [1.82, 2.24) is 20.4 Å². The molecule has 1 atom stereocenters. The summed E-state index contributed by atoms with van der Waals surface area (Å²) in [4.78, 5) is 68.4. The Bertz CT molecular complexity index is 1630. The van der Waals surface area contributed by atoms with Gasteiger partial charge in [0.2, 0.25) is 11.8 Å². The average molecular weight is 769 g/mol. The average Bonchev–Trinajstić information content (AvgIpc) is 3.44. The van der Waals surface area contributed by atoms with E-state index in [1.165, 1.54) is 0 Å². The van der Waals surface area contributed by atoms with Crippen LogP contribution in [-0.4, -0.2) is 165 Å². The van der Waals surface area contributed by atoms with Crippen LogP contribution in [-0.2, 0) is 33.3 Å². The Hall–Kier alpha value is -4.65. The Kier molecular flexibility index (Phi) is 16.2. The highest BCUT2D eigenvalue weighted by atomic mass is 16.6. The van der Waals surface area contributed by atoms with Gasteiger partial charge in [-0.1, -0.05) is 6.07 Å². The number of carbonyl (C=O) groups excluding carboxylic acids is 5. The zero-order chi connectivity index (χ0) is 39.0. The Morgan fingerprint density at radius 3 is 2.02 bits per heavy atom. The molecule has 5 rings (SSSR count). The zero-order valence-electron chi connectivity index (χ0n) is 31.6. The molecule has 3 aliphatic rings. The third-order valence-electron chi connectivity index (χ3n) is 9.34. The lowest BCUT2D eigenvalue weighted by atomic mass is 10.0. The minimum absolute atomic E-state index is 0.0625. The van der Waals surface area contributed by atoms with Gasteiger partial charge in [0.15, 0.2) is 0 Å². The predicted molar refractivity (Wildman–Crippen MR) is 201 cm³/mol. The van der Waals surface area contributed by atoms with Gasteiger partial charge in [-0.3, -0.25) is 34.2 Å². The van der Waals surface area contributed by atoms with Gasteiger partial charge in [-0.25, -0.2) is 0 Å². The van der Waals surface area contributed by atoms with E-state index in [2.05, 4.69) is 32.8 Å². The third kappa shape index (κ3) is 11.7. The van der Waals surface area contributed by atoms with Crippen LogP contribution < -0.4 is 25.6 Å². The summed E-state index contributed by atoms with van der Waals surface area (Å²) in [5.41, 5.74) is 2.39. The number of nitrogens with zero attached hydrogens (tertiary/aromatic N) is 3. The fourth-order valence-corrected chi connectivity index (χ4v) is 6.38. The number of rotatable bonds is 23. The van der Waals surface area contributed by atoms with Crippen molar-refractivity contribution >= 4 is 40.9 Å². The summed E-state index contributed by atoms with van der Waals surface area (Å²) in [5.74, 6) is -1.70. The van der Waals surface area contributed by atoms with Gasteiger partial charge in [-0.05, 0) is 43.8 Å². The summed E-state index contributed by atoms with van der Waals surface area (Å²) in [6.07, 6.45) is 0.163. The van der Waals surface area contributed by atoms with Crippen LogP contribution in [0.2, 0.25) is 0 Å². The van der Waals surface area contributed by atoms with Gasteiger partial charge in [0.1, 0.15) is 11.8 Å². The molecule has 0 aliphatic carbocycles. The van der Waals surface area contributed by atoms with Crippen LogP contribution >= 0.6 is 0 Å². The summed E-state index contributed by atoms with van der Waals surface area (Å²) in [5, 5.41) is 8.27. The van der Waals surface area contributed by atoms with E-state index in [1.807, 2.05) is 12.1 Å². The van der Waals surface area contributed by atoms with E-state index >= 15 is 0 Å². The number of imide groups is 2. The van der Waals surface area contributed by atoms with Crippen LogP contribution in [0.3, 0.4) is 0 Å². The molecule has 2 saturated heterocycles. The highest BCUT2D eigenvalue weighted by Gasteiger charge is 2.45. The summed E-state index contributed by atoms with van der Waals surface area (Å²) in [6, 6.07) is 9.50. The first-order valence-corrected chi connectivity index (χ1v) is 18.7. The molecule has 0 saturated carbocycles. The lowest BCUT2D eigenvalue weighted by molar-refractivity contribution is -0.136. The number of fused-ring (bicyclic) bond motifs is 1. The number of piperazine rings is 1. The molecule has 5 amide bonds. The topological polar surface area (TPSA) is 187 Å². The molecule has 300 valence electrons. The monoisotopic (exact) mass is 768 g/mol. The number of anilines is 2. The molecule has 2 aromatic rings. The maximum Gasteiger partial charge on any atom is 0.264 e. The van der Waals surface area contributed by atoms with E-state index in [-0.39, 0.29) is 29.9 Å². The highest BCUT2D eigenvalue weighted by Crippen LogP contribution is 2.32. The summed E-state index contributed by atoms with van der Waals surface area (Å²) in [6.45, 7) is 8.24. The first kappa shape index (κ1) is 41.5. The number of ether oxygens (including phenoxy) is 6. The van der Waals surface area contributed by atoms with Crippen molar-refractivity contribution in [3.63, 3.8) is 0 Å². The molecule has 1 unspecified atom stereocenters. The molecule has 2 fully saturated rings. The number of carbonyl (C=O) groups is 5. The maximum atomic E-state index is 13.2. The molecule has 3 heterocycles. The van der Waals surface area contributed by atoms with Crippen LogP contribution in [0.15, 0.2) is 36.4 Å². The van der Waals surface area contributed by atoms with Crippen molar-refractivity contribution in [2.75, 3.05) is 130 Å². The number of methoxy groups -OCH3 is 1. The van der Waals surface area contributed by atoms with Crippen LogP contribution in [0.25, 0.3) is 0 Å². The SMILES string of the molecule is COc1ccc(N2CCN(C)CC2)c(C(=O)NCCOCCOCCOCCOCCOCCNc2cccc3c2C(=O)N(C2CCC(=O)NC2=O)C3=O)c1. The molecular formula is C38H52N6O11. The van der Waals surface area contributed by atoms with Crippen LogP contribution in [0.1, 0.15) is 43.9 Å². The second-order valence-corrected chi connectivity index (χ2v) is 13.1. The number of hydrogen-bond donors (Lipinski definition) is 3. The second kappa shape index (κ2) is 21.4. The minimum Gasteiger partial charge on any atom is -0.497 e. The third-order valence-corrected chi connectivity index (χ3v) is 9.34. The van der Waals surface area contributed by atoms with E-state index in [9.17, 15) is 24.0 Å². The van der Waals surface area contributed by atoms with Gasteiger partial charge in [0.05, 0.1) is 89.9 Å². The maximum absolute atomic E-state index is 13.2. The number of hydrogen-bond acceptors (Lipinski definition) is 14. The van der Waals surface area contributed by atoms with Gasteiger partial charge in [-0.15, -0.1) is 0 Å². The lowest BCUT2D eigenvalue weighted by Gasteiger charge is -2.35. The van der Waals surface area contributed by atoms with Gasteiger partial charge in [0, 0.05) is 57.1 Å². The van der Waals surface area contributed by atoms with Crippen molar-refractivity contribution in [3.8, 4) is 5.75 Å². The molecule has 55 heavy (non-hydrogen) atoms. The molecule has 0 radical (unpaired) electrons. The Balaban J connectivity index is 0.834. The molecule has 3 N–H and O–H groups in total. The second-order valence-electron chi connectivity index (χ2n) is 13.1. The summed E-state index contributed by atoms with van der Waals surface area (Å²) in [7, 11) is 3.69. The van der Waals surface area contributed by atoms with E-state index < -0.39 is 29.7 Å². The number of likely N-dealkylation sites (N-methyl/N-ethyl adjacent to an activating group) is 1. The predicted octanol–water partition coefficient (Wildman–Crippen LogP) is 0.773. The number of piperidine rings is 1. The quantitative estimate of drug-likeness (QED) is 0.106. The fraction of sp³-hybridized carbons (Fsp3) is 0.553. The summed E-state index contributed by atoms with van der Waals surface area (Å²) >= 11 is 0. The molecule has 17 heteroatoms. The minimum atomic E-state index is -1.01. The lowest BCUT2D eigenvalue weighted by Crippen LogP contribution is -2.54. The smallest absolute Gasteiger partial charge is 0.264 e. The molecule has 17 nitrogen and oxygen atoms in total. The largest absolute Gasteiger partial charge is 0.497 e. The molecule has 3 aliphatic heterocycles. The highest BCUT2D eigenvalue weighted by molar-refractivity contribution is 6.25. The standard InChI is InChI=1S/C38H52N6O11/c1-42-12-14-43(15-13-42)31-7-6-27(50-2)26-29(31)35(46)40-11-17-52-19-21-54-23-25-55-24-22-53-20-18-51-16-10-39-30-5-3-4-28-34(30)38(49)44(37(28)48)32-8-9-33(45)41-36(32)47/h3-7,26,32,39H,8-25H2,1-2H3,(H,40,46)(H,41,45,47).